The molecule has 1 aliphatic rings. The van der Waals surface area contributed by atoms with Crippen molar-refractivity contribution in [3.05, 3.63) is 23.6 Å². The maximum atomic E-state index is 14.2. The molecule has 0 bridgehead atoms. The fourth-order valence-electron chi connectivity index (χ4n) is 1.67. The van der Waals surface area contributed by atoms with E-state index >= 15 is 0 Å². The average molecular weight is 251 g/mol. The first-order chi connectivity index (χ1) is 8.29. The van der Waals surface area contributed by atoms with Crippen LogP contribution in [-0.4, -0.2) is 16.1 Å². The second-order valence-electron chi connectivity index (χ2n) is 6.42. The maximum Gasteiger partial charge on any atom is 0.169 e. The Morgan fingerprint density at radius 2 is 2.06 bits per heavy atom. The lowest BCUT2D eigenvalue weighted by molar-refractivity contribution is 0.418. The molecule has 3 nitrogen and oxygen atoms in total. The SMILES string of the molecule is CC(C)(C)NCc1ccnc(NC2(C)CC2)c1F. The largest absolute Gasteiger partial charge is 0.362 e. The van der Waals surface area contributed by atoms with Crippen LogP contribution < -0.4 is 10.6 Å². The van der Waals surface area contributed by atoms with Crippen molar-refractivity contribution in [2.75, 3.05) is 5.32 Å². The number of pyridine rings is 1. The van der Waals surface area contributed by atoms with E-state index in [1.54, 1.807) is 12.3 Å². The van der Waals surface area contributed by atoms with E-state index in [-0.39, 0.29) is 16.9 Å². The highest BCUT2D eigenvalue weighted by Crippen LogP contribution is 2.38. The third-order valence-corrected chi connectivity index (χ3v) is 3.20. The van der Waals surface area contributed by atoms with Gasteiger partial charge in [-0.3, -0.25) is 0 Å². The predicted octanol–water partition coefficient (Wildman–Crippen LogP) is 3.07. The van der Waals surface area contributed by atoms with Crippen LogP contribution >= 0.6 is 0 Å². The lowest BCUT2D eigenvalue weighted by Crippen LogP contribution is -2.35. The number of nitrogens with zero attached hydrogens (tertiary/aromatic N) is 1. The Balaban J connectivity index is 2.09. The summed E-state index contributed by atoms with van der Waals surface area (Å²) in [7, 11) is 0. The molecule has 1 aliphatic carbocycles. The van der Waals surface area contributed by atoms with Crippen LogP contribution in [0.25, 0.3) is 0 Å². The van der Waals surface area contributed by atoms with Gasteiger partial charge >= 0.3 is 0 Å². The summed E-state index contributed by atoms with van der Waals surface area (Å²) in [6.45, 7) is 8.81. The summed E-state index contributed by atoms with van der Waals surface area (Å²) in [6.07, 6.45) is 3.83. The van der Waals surface area contributed by atoms with Gasteiger partial charge in [0.25, 0.3) is 0 Å². The fourth-order valence-corrected chi connectivity index (χ4v) is 1.67. The van der Waals surface area contributed by atoms with E-state index in [0.29, 0.717) is 17.9 Å². The van der Waals surface area contributed by atoms with Gasteiger partial charge in [-0.2, -0.15) is 0 Å². The number of hydrogen-bond acceptors (Lipinski definition) is 3. The second kappa shape index (κ2) is 4.50. The molecule has 0 spiro atoms. The standard InChI is InChI=1S/C14H22FN3/c1-13(2,3)17-9-10-5-8-16-12(11(10)15)18-14(4)6-7-14/h5,8,17H,6-7,9H2,1-4H3,(H,16,18). The Labute approximate surface area is 108 Å². The van der Waals surface area contributed by atoms with Crippen LogP contribution in [0.3, 0.4) is 0 Å². The smallest absolute Gasteiger partial charge is 0.169 e. The Hall–Kier alpha value is -1.16. The molecule has 18 heavy (non-hydrogen) atoms. The summed E-state index contributed by atoms with van der Waals surface area (Å²) in [5.74, 6) is 0.144. The van der Waals surface area contributed by atoms with Gasteiger partial charge in [-0.25, -0.2) is 9.37 Å². The summed E-state index contributed by atoms with van der Waals surface area (Å²) in [6, 6.07) is 1.73. The van der Waals surface area contributed by atoms with Gasteiger partial charge in [-0.05, 0) is 46.6 Å². The molecule has 0 radical (unpaired) electrons. The molecule has 0 saturated heterocycles. The van der Waals surface area contributed by atoms with Crippen LogP contribution in [-0.2, 0) is 6.54 Å². The first kappa shape index (κ1) is 13.3. The minimum Gasteiger partial charge on any atom is -0.362 e. The Bertz CT molecular complexity index is 433. The van der Waals surface area contributed by atoms with E-state index in [1.165, 1.54) is 0 Å². The van der Waals surface area contributed by atoms with Crippen molar-refractivity contribution in [3.8, 4) is 0 Å². The van der Waals surface area contributed by atoms with Crippen LogP contribution in [0, 0.1) is 5.82 Å². The zero-order valence-electron chi connectivity index (χ0n) is 11.6. The van der Waals surface area contributed by atoms with E-state index in [2.05, 4.69) is 43.3 Å². The summed E-state index contributed by atoms with van der Waals surface area (Å²) in [5, 5.41) is 6.47. The number of rotatable bonds is 4. The molecular formula is C14H22FN3. The lowest BCUT2D eigenvalue weighted by Gasteiger charge is -2.21. The van der Waals surface area contributed by atoms with Crippen molar-refractivity contribution < 1.29 is 4.39 Å². The molecule has 1 fully saturated rings. The number of aromatic nitrogens is 1. The normalized spacial score (nSPS) is 17.6. The lowest BCUT2D eigenvalue weighted by atomic mass is 10.1. The first-order valence-corrected chi connectivity index (χ1v) is 6.46. The van der Waals surface area contributed by atoms with Gasteiger partial charge in [0.2, 0.25) is 0 Å². The molecule has 0 unspecified atom stereocenters. The van der Waals surface area contributed by atoms with Gasteiger partial charge in [0.15, 0.2) is 11.6 Å². The molecular weight excluding hydrogens is 229 g/mol. The van der Waals surface area contributed by atoms with Gasteiger partial charge in [0.05, 0.1) is 0 Å². The highest BCUT2D eigenvalue weighted by atomic mass is 19.1. The number of halogens is 1. The molecule has 4 heteroatoms. The molecule has 1 heterocycles. The summed E-state index contributed by atoms with van der Waals surface area (Å²) in [4.78, 5) is 4.09. The quantitative estimate of drug-likeness (QED) is 0.863. The highest BCUT2D eigenvalue weighted by molar-refractivity contribution is 5.44. The van der Waals surface area contributed by atoms with Crippen molar-refractivity contribution in [3.63, 3.8) is 0 Å². The van der Waals surface area contributed by atoms with Crippen LogP contribution in [0.2, 0.25) is 0 Å². The number of anilines is 1. The minimum absolute atomic E-state index is 0.0221. The highest BCUT2D eigenvalue weighted by Gasteiger charge is 2.38. The zero-order chi connectivity index (χ0) is 13.4. The van der Waals surface area contributed by atoms with E-state index in [4.69, 9.17) is 0 Å². The van der Waals surface area contributed by atoms with Gasteiger partial charge in [0.1, 0.15) is 0 Å². The van der Waals surface area contributed by atoms with Gasteiger partial charge in [-0.1, -0.05) is 0 Å². The Morgan fingerprint density at radius 1 is 1.39 bits per heavy atom. The summed E-state index contributed by atoms with van der Waals surface area (Å²) < 4.78 is 14.2. The summed E-state index contributed by atoms with van der Waals surface area (Å²) >= 11 is 0. The molecule has 1 saturated carbocycles. The molecule has 100 valence electrons. The zero-order valence-corrected chi connectivity index (χ0v) is 11.6. The van der Waals surface area contributed by atoms with Gasteiger partial charge < -0.3 is 10.6 Å². The molecule has 0 aromatic carbocycles. The monoisotopic (exact) mass is 251 g/mol. The minimum atomic E-state index is -0.234. The Morgan fingerprint density at radius 3 is 2.61 bits per heavy atom. The van der Waals surface area contributed by atoms with Crippen molar-refractivity contribution in [1.29, 1.82) is 0 Å². The second-order valence-corrected chi connectivity index (χ2v) is 6.42. The first-order valence-electron chi connectivity index (χ1n) is 6.46. The maximum absolute atomic E-state index is 14.2. The van der Waals surface area contributed by atoms with Crippen molar-refractivity contribution >= 4 is 5.82 Å². The predicted molar refractivity (Wildman–Crippen MR) is 72.0 cm³/mol. The molecule has 0 atom stereocenters. The third-order valence-electron chi connectivity index (χ3n) is 3.20. The van der Waals surface area contributed by atoms with Crippen LogP contribution in [0.4, 0.5) is 10.2 Å². The van der Waals surface area contributed by atoms with Crippen LogP contribution in [0.15, 0.2) is 12.3 Å². The van der Waals surface area contributed by atoms with E-state index < -0.39 is 0 Å². The Kier molecular flexibility index (Phi) is 3.32. The molecule has 2 rings (SSSR count). The van der Waals surface area contributed by atoms with E-state index in [9.17, 15) is 4.39 Å². The molecule has 0 aliphatic heterocycles. The van der Waals surface area contributed by atoms with E-state index in [1.807, 2.05) is 0 Å². The fraction of sp³-hybridized carbons (Fsp3) is 0.643. The molecule has 1 aromatic rings. The third kappa shape index (κ3) is 3.42. The van der Waals surface area contributed by atoms with Crippen molar-refractivity contribution in [1.82, 2.24) is 10.3 Å². The van der Waals surface area contributed by atoms with E-state index in [0.717, 1.165) is 12.8 Å². The van der Waals surface area contributed by atoms with Gasteiger partial charge in [-0.15, -0.1) is 0 Å². The molecule has 0 amide bonds. The summed E-state index contributed by atoms with van der Waals surface area (Å²) in [5.41, 5.74) is 0.682. The topological polar surface area (TPSA) is 37.0 Å². The average Bonchev–Trinajstić information content (AvgIpc) is 2.97. The van der Waals surface area contributed by atoms with Crippen molar-refractivity contribution in [2.45, 2.75) is 58.2 Å². The number of nitrogens with one attached hydrogen (secondary N) is 2. The van der Waals surface area contributed by atoms with Gasteiger partial charge in [0, 0.05) is 29.4 Å². The van der Waals surface area contributed by atoms with Crippen LogP contribution in [0.1, 0.15) is 46.1 Å². The number of hydrogen-bond donors (Lipinski definition) is 2. The molecule has 2 N–H and O–H groups in total. The van der Waals surface area contributed by atoms with Crippen LogP contribution in [0.5, 0.6) is 0 Å². The molecule has 1 aromatic heterocycles. The van der Waals surface area contributed by atoms with Crippen molar-refractivity contribution in [2.24, 2.45) is 0 Å².